The second-order valence-electron chi connectivity index (χ2n) is 14.0. The summed E-state index contributed by atoms with van der Waals surface area (Å²) in [6.45, 7) is 12.2. The molecule has 16 heteroatoms. The molecule has 4 N–H and O–H groups in total. The number of amides is 4. The van der Waals surface area contributed by atoms with Gasteiger partial charge in [-0.15, -0.1) is 13.2 Å². The van der Waals surface area contributed by atoms with Crippen molar-refractivity contribution in [3.05, 3.63) is 55.8 Å². The van der Waals surface area contributed by atoms with Crippen molar-refractivity contribution in [1.82, 2.24) is 25.2 Å². The molecule has 2 heterocycles. The molecular formula is C36H47N5O10S. The average Bonchev–Trinajstić information content (AvgIpc) is 3.99. The highest BCUT2D eigenvalue weighted by atomic mass is 32.2. The van der Waals surface area contributed by atoms with Crippen molar-refractivity contribution >= 4 is 44.6 Å². The molecule has 15 nitrogen and oxygen atoms in total. The molecule has 2 aliphatic carbocycles. The first-order valence-corrected chi connectivity index (χ1v) is 18.7. The molecule has 2 aromatic rings. The maximum Gasteiger partial charge on any atom is 0.405 e. The van der Waals surface area contributed by atoms with E-state index >= 15 is 0 Å². The SMILES string of the molecule is C=CCC[C@@H](C)O[C@@H](C)C(NC(=O)O)C(=O)N1C[C@H](Oc2nccc3cc(OC)ccc23)C[C@H]1C(=O)N[C@]1(C(=O)NS(=O)(=O)C2(C)CC2)C[C@H]1C=C. The van der Waals surface area contributed by atoms with Crippen molar-refractivity contribution in [2.24, 2.45) is 5.92 Å². The van der Waals surface area contributed by atoms with Gasteiger partial charge in [-0.1, -0.05) is 12.2 Å². The molecule has 0 bridgehead atoms. The van der Waals surface area contributed by atoms with Crippen molar-refractivity contribution in [3.8, 4) is 11.6 Å². The maximum absolute atomic E-state index is 14.3. The minimum absolute atomic E-state index is 0.0522. The maximum atomic E-state index is 14.3. The van der Waals surface area contributed by atoms with E-state index in [0.29, 0.717) is 36.8 Å². The Morgan fingerprint density at radius 1 is 1.17 bits per heavy atom. The Balaban J connectivity index is 1.44. The molecule has 282 valence electrons. The molecule has 0 radical (unpaired) electrons. The van der Waals surface area contributed by atoms with E-state index in [1.807, 2.05) is 6.07 Å². The summed E-state index contributed by atoms with van der Waals surface area (Å²) >= 11 is 0. The summed E-state index contributed by atoms with van der Waals surface area (Å²) in [6, 6.07) is 4.46. The van der Waals surface area contributed by atoms with Gasteiger partial charge in [-0.05, 0) is 82.5 Å². The number of aromatic nitrogens is 1. The molecule has 5 rings (SSSR count). The Hall–Kier alpha value is -4.70. The standard InChI is InChI=1S/C36H47N5O10S/c1-7-9-10-21(3)50-22(4)29(38-34(45)46)32(43)41-20-26(51-31-27-12-11-25(49-6)17-23(27)13-16-37-31)18-28(41)30(42)39-36(19-24(36)8-2)33(44)40-52(47,48)35(5)14-15-35/h7-8,11-13,16-17,21-22,24,26,28-29,38H,1-2,9-10,14-15,18-20H2,3-6H3,(H,39,42)(H,40,44)(H,45,46)/t21-,22+,24-,26-,28+,29?,36-/m1/s1. The highest BCUT2D eigenvalue weighted by molar-refractivity contribution is 7.91. The topological polar surface area (TPSA) is 203 Å². The molecule has 52 heavy (non-hydrogen) atoms. The Morgan fingerprint density at radius 2 is 1.90 bits per heavy atom. The van der Waals surface area contributed by atoms with E-state index in [-0.39, 0.29) is 31.4 Å². The Morgan fingerprint density at radius 3 is 2.52 bits per heavy atom. The summed E-state index contributed by atoms with van der Waals surface area (Å²) in [5.41, 5.74) is -1.61. The van der Waals surface area contributed by atoms with Crippen LogP contribution in [0.25, 0.3) is 10.8 Å². The molecule has 1 aliphatic heterocycles. The van der Waals surface area contributed by atoms with Crippen LogP contribution >= 0.6 is 0 Å². The average molecular weight is 742 g/mol. The van der Waals surface area contributed by atoms with Crippen LogP contribution in [0.5, 0.6) is 11.6 Å². The Labute approximate surface area is 303 Å². The predicted molar refractivity (Wildman–Crippen MR) is 191 cm³/mol. The van der Waals surface area contributed by atoms with E-state index in [1.165, 1.54) is 11.0 Å². The number of carbonyl (C=O) groups excluding carboxylic acids is 3. The summed E-state index contributed by atoms with van der Waals surface area (Å²) in [7, 11) is -2.47. The van der Waals surface area contributed by atoms with Crippen LogP contribution in [0.2, 0.25) is 0 Å². The number of pyridine rings is 1. The van der Waals surface area contributed by atoms with E-state index < -0.39 is 74.3 Å². The largest absolute Gasteiger partial charge is 0.497 e. The summed E-state index contributed by atoms with van der Waals surface area (Å²) in [6.07, 6.45) is 3.28. The van der Waals surface area contributed by atoms with E-state index in [4.69, 9.17) is 14.2 Å². The van der Waals surface area contributed by atoms with Gasteiger partial charge in [0.2, 0.25) is 27.7 Å². The molecule has 1 unspecified atom stereocenters. The second-order valence-corrected chi connectivity index (χ2v) is 16.2. The highest BCUT2D eigenvalue weighted by Crippen LogP contribution is 2.47. The number of benzene rings is 1. The second kappa shape index (κ2) is 15.1. The number of hydrogen-bond donors (Lipinski definition) is 4. The van der Waals surface area contributed by atoms with Crippen LogP contribution in [-0.4, -0.2) is 102 Å². The fourth-order valence-corrected chi connectivity index (χ4v) is 7.87. The molecule has 4 amide bonds. The molecule has 7 atom stereocenters. The first-order chi connectivity index (χ1) is 24.6. The summed E-state index contributed by atoms with van der Waals surface area (Å²) < 4.78 is 44.7. The van der Waals surface area contributed by atoms with Gasteiger partial charge in [-0.2, -0.15) is 0 Å². The van der Waals surface area contributed by atoms with Crippen LogP contribution in [-0.2, 0) is 29.1 Å². The lowest BCUT2D eigenvalue weighted by atomic mass is 10.1. The minimum Gasteiger partial charge on any atom is -0.497 e. The number of nitrogens with one attached hydrogen (secondary N) is 3. The lowest BCUT2D eigenvalue weighted by Crippen LogP contribution is -2.60. The number of methoxy groups -OCH3 is 1. The zero-order valence-corrected chi connectivity index (χ0v) is 30.6. The lowest BCUT2D eigenvalue weighted by molar-refractivity contribution is -0.144. The first kappa shape index (κ1) is 38.5. The third kappa shape index (κ3) is 8.02. The van der Waals surface area contributed by atoms with E-state index in [2.05, 4.69) is 33.5 Å². The smallest absolute Gasteiger partial charge is 0.405 e. The van der Waals surface area contributed by atoms with Crippen molar-refractivity contribution in [1.29, 1.82) is 0 Å². The van der Waals surface area contributed by atoms with Crippen molar-refractivity contribution < 1.29 is 46.9 Å². The highest BCUT2D eigenvalue weighted by Gasteiger charge is 2.63. The zero-order valence-electron chi connectivity index (χ0n) is 29.8. The summed E-state index contributed by atoms with van der Waals surface area (Å²) in [5.74, 6) is -2.08. The molecule has 3 aliphatic rings. The van der Waals surface area contributed by atoms with Crippen molar-refractivity contribution in [2.45, 2.75) is 100.0 Å². The molecule has 2 saturated carbocycles. The van der Waals surface area contributed by atoms with E-state index in [0.717, 1.165) is 5.39 Å². The number of allylic oxidation sites excluding steroid dienone is 1. The van der Waals surface area contributed by atoms with Gasteiger partial charge in [0.1, 0.15) is 29.5 Å². The van der Waals surface area contributed by atoms with Crippen molar-refractivity contribution in [3.63, 3.8) is 0 Å². The normalized spacial score (nSPS) is 24.8. The molecule has 3 fully saturated rings. The summed E-state index contributed by atoms with van der Waals surface area (Å²) in [4.78, 5) is 59.6. The number of carbonyl (C=O) groups is 4. The molecular weight excluding hydrogens is 694 g/mol. The van der Waals surface area contributed by atoms with Crippen molar-refractivity contribution in [2.75, 3.05) is 13.7 Å². The van der Waals surface area contributed by atoms with Gasteiger partial charge < -0.3 is 34.9 Å². The quantitative estimate of drug-likeness (QED) is 0.174. The molecule has 1 aromatic heterocycles. The number of fused-ring (bicyclic) bond motifs is 1. The zero-order chi connectivity index (χ0) is 38.0. The molecule has 0 spiro atoms. The fraction of sp³-hybridized carbons (Fsp3) is 0.528. The van der Waals surface area contributed by atoms with Gasteiger partial charge in [0.15, 0.2) is 0 Å². The fourth-order valence-electron chi connectivity index (χ4n) is 6.56. The van der Waals surface area contributed by atoms with Crippen LogP contribution in [0.1, 0.15) is 59.3 Å². The number of nitrogens with zero attached hydrogens (tertiary/aromatic N) is 2. The monoisotopic (exact) mass is 741 g/mol. The Kier molecular flexibility index (Phi) is 11.2. The molecule has 1 aromatic carbocycles. The van der Waals surface area contributed by atoms with Crippen LogP contribution in [0.15, 0.2) is 55.8 Å². The van der Waals surface area contributed by atoms with Crippen LogP contribution in [0.3, 0.4) is 0 Å². The number of rotatable bonds is 17. The third-order valence-corrected chi connectivity index (χ3v) is 12.3. The van der Waals surface area contributed by atoms with Gasteiger partial charge in [0.05, 0.1) is 30.6 Å². The number of ether oxygens (including phenoxy) is 3. The van der Waals surface area contributed by atoms with Gasteiger partial charge in [0.25, 0.3) is 5.91 Å². The molecule has 1 saturated heterocycles. The van der Waals surface area contributed by atoms with Gasteiger partial charge in [-0.25, -0.2) is 18.2 Å². The first-order valence-electron chi connectivity index (χ1n) is 17.2. The number of carboxylic acid groups (broad SMARTS) is 1. The van der Waals surface area contributed by atoms with Gasteiger partial charge in [-0.3, -0.25) is 19.1 Å². The van der Waals surface area contributed by atoms with E-state index in [1.54, 1.807) is 58.4 Å². The third-order valence-electron chi connectivity index (χ3n) is 10.2. The number of hydrogen-bond acceptors (Lipinski definition) is 10. The summed E-state index contributed by atoms with van der Waals surface area (Å²) in [5, 5.41) is 16.1. The lowest BCUT2D eigenvalue weighted by Gasteiger charge is -2.32. The van der Waals surface area contributed by atoms with Crippen LogP contribution in [0, 0.1) is 5.92 Å². The minimum atomic E-state index is -4.02. The Bertz CT molecular complexity index is 1850. The predicted octanol–water partition coefficient (Wildman–Crippen LogP) is 3.05. The van der Waals surface area contributed by atoms with Crippen LogP contribution < -0.4 is 24.8 Å². The van der Waals surface area contributed by atoms with E-state index in [9.17, 15) is 32.7 Å². The number of sulfonamides is 1. The number of likely N-dealkylation sites (tertiary alicyclic amines) is 1. The van der Waals surface area contributed by atoms with Gasteiger partial charge >= 0.3 is 6.09 Å². The van der Waals surface area contributed by atoms with Crippen LogP contribution in [0.4, 0.5) is 4.79 Å². The van der Waals surface area contributed by atoms with Gasteiger partial charge in [0, 0.05) is 23.9 Å².